The fourth-order valence-corrected chi connectivity index (χ4v) is 1.66. The first-order valence-electron chi connectivity index (χ1n) is 3.34. The Balaban J connectivity index is 2.53. The van der Waals surface area contributed by atoms with E-state index in [1.54, 1.807) is 0 Å². The molecule has 0 unspecified atom stereocenters. The maximum absolute atomic E-state index is 10.5. The summed E-state index contributed by atoms with van der Waals surface area (Å²) in [6.45, 7) is 0. The van der Waals surface area contributed by atoms with Crippen molar-refractivity contribution in [1.29, 1.82) is 0 Å². The molecule has 3 nitrogen and oxygen atoms in total. The lowest BCUT2D eigenvalue weighted by atomic mass is 10.3. The Morgan fingerprint density at radius 3 is 3.17 bits per heavy atom. The van der Waals surface area contributed by atoms with Crippen molar-refractivity contribution in [3.05, 3.63) is 29.7 Å². The molecule has 12 heavy (non-hydrogen) atoms. The van der Waals surface area contributed by atoms with Gasteiger partial charge in [0, 0.05) is 0 Å². The monoisotopic (exact) mass is 179 g/mol. The predicted octanol–water partition coefficient (Wildman–Crippen LogP) is 2.22. The molecule has 0 fully saturated rings. The number of carbonyl (C=O) groups is 1. The summed E-state index contributed by atoms with van der Waals surface area (Å²) < 4.78 is 4.87. The predicted molar refractivity (Wildman–Crippen MR) is 45.2 cm³/mol. The van der Waals surface area contributed by atoms with E-state index in [2.05, 4.69) is 4.98 Å². The standard InChI is InChI=1S/C8H5NO2S/c10-4-6-8(9-5-11-6)7-2-1-3-12-7/h1-5H. The number of hydrogen-bond acceptors (Lipinski definition) is 4. The summed E-state index contributed by atoms with van der Waals surface area (Å²) in [4.78, 5) is 15.3. The Labute approximate surface area is 72.7 Å². The Morgan fingerprint density at radius 1 is 1.58 bits per heavy atom. The van der Waals surface area contributed by atoms with Crippen LogP contribution in [0.1, 0.15) is 10.6 Å². The Bertz CT molecular complexity index is 377. The lowest BCUT2D eigenvalue weighted by molar-refractivity contribution is 0.110. The minimum absolute atomic E-state index is 0.289. The molecule has 2 rings (SSSR count). The maximum Gasteiger partial charge on any atom is 0.195 e. The van der Waals surface area contributed by atoms with Crippen LogP contribution in [0.25, 0.3) is 10.6 Å². The number of thiophene rings is 1. The van der Waals surface area contributed by atoms with Crippen LogP contribution in [-0.2, 0) is 0 Å². The van der Waals surface area contributed by atoms with Crippen molar-refractivity contribution in [3.63, 3.8) is 0 Å². The zero-order chi connectivity index (χ0) is 8.39. The van der Waals surface area contributed by atoms with E-state index in [0.717, 1.165) is 4.88 Å². The van der Waals surface area contributed by atoms with E-state index in [0.29, 0.717) is 12.0 Å². The lowest BCUT2D eigenvalue weighted by Gasteiger charge is -1.87. The zero-order valence-electron chi connectivity index (χ0n) is 6.06. The fourth-order valence-electron chi connectivity index (χ4n) is 0.937. The number of nitrogens with zero attached hydrogens (tertiary/aromatic N) is 1. The third-order valence-corrected chi connectivity index (χ3v) is 2.33. The number of rotatable bonds is 2. The molecule has 60 valence electrons. The van der Waals surface area contributed by atoms with Crippen molar-refractivity contribution in [2.24, 2.45) is 0 Å². The SMILES string of the molecule is O=Cc1ocnc1-c1cccs1. The highest BCUT2D eigenvalue weighted by Crippen LogP contribution is 2.25. The van der Waals surface area contributed by atoms with Gasteiger partial charge in [0.1, 0.15) is 5.69 Å². The fraction of sp³-hybridized carbons (Fsp3) is 0. The van der Waals surface area contributed by atoms with E-state index in [-0.39, 0.29) is 5.76 Å². The molecule has 2 aromatic rings. The van der Waals surface area contributed by atoms with Crippen LogP contribution in [0.4, 0.5) is 0 Å². The molecule has 2 aromatic heterocycles. The number of oxazole rings is 1. The lowest BCUT2D eigenvalue weighted by Crippen LogP contribution is -1.79. The minimum atomic E-state index is 0.289. The van der Waals surface area contributed by atoms with Crippen LogP contribution in [0.2, 0.25) is 0 Å². The molecule has 0 saturated heterocycles. The van der Waals surface area contributed by atoms with Crippen LogP contribution in [0, 0.1) is 0 Å². The second-order valence-corrected chi connectivity index (χ2v) is 3.11. The molecule has 0 saturated carbocycles. The van der Waals surface area contributed by atoms with Crippen molar-refractivity contribution in [2.45, 2.75) is 0 Å². The third-order valence-electron chi connectivity index (χ3n) is 1.46. The van der Waals surface area contributed by atoms with Crippen molar-refractivity contribution in [3.8, 4) is 10.6 Å². The van der Waals surface area contributed by atoms with Crippen LogP contribution in [0.15, 0.2) is 28.3 Å². The summed E-state index contributed by atoms with van der Waals surface area (Å²) in [5, 5.41) is 1.93. The molecule has 0 atom stereocenters. The summed E-state index contributed by atoms with van der Waals surface area (Å²) in [6, 6.07) is 3.80. The molecule has 0 aliphatic carbocycles. The number of carbonyl (C=O) groups excluding carboxylic acids is 1. The normalized spacial score (nSPS) is 10.0. The van der Waals surface area contributed by atoms with Gasteiger partial charge in [-0.3, -0.25) is 4.79 Å². The van der Waals surface area contributed by atoms with Crippen LogP contribution < -0.4 is 0 Å². The largest absolute Gasteiger partial charge is 0.440 e. The molecule has 0 aromatic carbocycles. The van der Waals surface area contributed by atoms with E-state index in [1.165, 1.54) is 17.7 Å². The van der Waals surface area contributed by atoms with Gasteiger partial charge in [0.25, 0.3) is 0 Å². The first-order valence-corrected chi connectivity index (χ1v) is 4.22. The van der Waals surface area contributed by atoms with E-state index < -0.39 is 0 Å². The molecule has 0 spiro atoms. The highest BCUT2D eigenvalue weighted by molar-refractivity contribution is 7.13. The molecular weight excluding hydrogens is 174 g/mol. The smallest absolute Gasteiger partial charge is 0.195 e. The molecule has 0 amide bonds. The molecule has 4 heteroatoms. The van der Waals surface area contributed by atoms with E-state index in [9.17, 15) is 4.79 Å². The summed E-state index contributed by atoms with van der Waals surface area (Å²) >= 11 is 1.53. The number of aromatic nitrogens is 1. The first kappa shape index (κ1) is 7.24. The Morgan fingerprint density at radius 2 is 2.50 bits per heavy atom. The van der Waals surface area contributed by atoms with Gasteiger partial charge in [0.15, 0.2) is 18.4 Å². The Kier molecular flexibility index (Phi) is 1.75. The van der Waals surface area contributed by atoms with Gasteiger partial charge in [-0.15, -0.1) is 11.3 Å². The molecule has 0 N–H and O–H groups in total. The van der Waals surface area contributed by atoms with Crippen molar-refractivity contribution >= 4 is 17.6 Å². The molecule has 2 heterocycles. The van der Waals surface area contributed by atoms with Crippen LogP contribution >= 0.6 is 11.3 Å². The minimum Gasteiger partial charge on any atom is -0.440 e. The van der Waals surface area contributed by atoms with Crippen LogP contribution in [0.5, 0.6) is 0 Å². The van der Waals surface area contributed by atoms with Gasteiger partial charge in [-0.25, -0.2) is 4.98 Å². The van der Waals surface area contributed by atoms with Gasteiger partial charge in [-0.1, -0.05) is 6.07 Å². The van der Waals surface area contributed by atoms with Gasteiger partial charge >= 0.3 is 0 Å². The highest BCUT2D eigenvalue weighted by atomic mass is 32.1. The van der Waals surface area contributed by atoms with Crippen molar-refractivity contribution < 1.29 is 9.21 Å². The average Bonchev–Trinajstić information content (AvgIpc) is 2.74. The summed E-state index contributed by atoms with van der Waals surface area (Å²) in [5.74, 6) is 0.289. The van der Waals surface area contributed by atoms with Gasteiger partial charge in [-0.05, 0) is 11.4 Å². The van der Waals surface area contributed by atoms with Crippen LogP contribution in [-0.4, -0.2) is 11.3 Å². The second-order valence-electron chi connectivity index (χ2n) is 2.16. The molecule has 0 aliphatic rings. The quantitative estimate of drug-likeness (QED) is 0.664. The third kappa shape index (κ3) is 1.06. The summed E-state index contributed by atoms with van der Waals surface area (Å²) in [5.41, 5.74) is 0.625. The zero-order valence-corrected chi connectivity index (χ0v) is 6.88. The maximum atomic E-state index is 10.5. The van der Waals surface area contributed by atoms with Gasteiger partial charge < -0.3 is 4.42 Å². The second kappa shape index (κ2) is 2.91. The number of hydrogen-bond donors (Lipinski definition) is 0. The molecule has 0 aliphatic heterocycles. The molecular formula is C8H5NO2S. The summed E-state index contributed by atoms with van der Waals surface area (Å²) in [6.07, 6.45) is 1.95. The van der Waals surface area contributed by atoms with E-state index >= 15 is 0 Å². The highest BCUT2D eigenvalue weighted by Gasteiger charge is 2.09. The van der Waals surface area contributed by atoms with E-state index in [1.807, 2.05) is 17.5 Å². The first-order chi connectivity index (χ1) is 5.92. The van der Waals surface area contributed by atoms with Gasteiger partial charge in [-0.2, -0.15) is 0 Å². The molecule has 0 radical (unpaired) electrons. The van der Waals surface area contributed by atoms with Gasteiger partial charge in [0.05, 0.1) is 4.88 Å². The van der Waals surface area contributed by atoms with Crippen LogP contribution in [0.3, 0.4) is 0 Å². The average molecular weight is 179 g/mol. The number of aldehydes is 1. The molecule has 0 bridgehead atoms. The van der Waals surface area contributed by atoms with Crippen molar-refractivity contribution in [2.75, 3.05) is 0 Å². The van der Waals surface area contributed by atoms with Crippen molar-refractivity contribution in [1.82, 2.24) is 4.98 Å². The topological polar surface area (TPSA) is 43.1 Å². The summed E-state index contributed by atoms with van der Waals surface area (Å²) in [7, 11) is 0. The van der Waals surface area contributed by atoms with Gasteiger partial charge in [0.2, 0.25) is 0 Å². The van der Waals surface area contributed by atoms with E-state index in [4.69, 9.17) is 4.42 Å². The Hall–Kier alpha value is -1.42.